The number of nitrogens with zero attached hydrogens (tertiary/aromatic N) is 1. The van der Waals surface area contributed by atoms with Crippen LogP contribution in [0.3, 0.4) is 0 Å². The smallest absolute Gasteiger partial charge is 0.219 e. The molecule has 0 saturated heterocycles. The zero-order valence-corrected chi connectivity index (χ0v) is 10.5. The Kier molecular flexibility index (Phi) is 3.79. The van der Waals surface area contributed by atoms with E-state index in [-0.39, 0.29) is 12.4 Å². The SMILES string of the molecule is Cc1ccc(Oc2ccc(Cl)c(CN)n2)cc1F. The van der Waals surface area contributed by atoms with Crippen molar-refractivity contribution < 1.29 is 9.13 Å². The van der Waals surface area contributed by atoms with Crippen molar-refractivity contribution in [2.75, 3.05) is 0 Å². The van der Waals surface area contributed by atoms with Gasteiger partial charge >= 0.3 is 0 Å². The fraction of sp³-hybridized carbons (Fsp3) is 0.154. The predicted octanol–water partition coefficient (Wildman–Crippen LogP) is 3.43. The zero-order chi connectivity index (χ0) is 13.1. The molecule has 2 N–H and O–H groups in total. The fourth-order valence-corrected chi connectivity index (χ4v) is 1.60. The summed E-state index contributed by atoms with van der Waals surface area (Å²) in [5.74, 6) is 0.402. The topological polar surface area (TPSA) is 48.1 Å². The monoisotopic (exact) mass is 266 g/mol. The molecule has 2 rings (SSSR count). The molecule has 0 aliphatic rings. The summed E-state index contributed by atoms with van der Waals surface area (Å²) >= 11 is 5.89. The highest BCUT2D eigenvalue weighted by Crippen LogP contribution is 2.24. The van der Waals surface area contributed by atoms with E-state index in [9.17, 15) is 4.39 Å². The molecule has 1 aromatic heterocycles. The number of benzene rings is 1. The summed E-state index contributed by atoms with van der Waals surface area (Å²) in [7, 11) is 0. The van der Waals surface area contributed by atoms with Crippen LogP contribution >= 0.6 is 11.6 Å². The molecule has 0 amide bonds. The minimum Gasteiger partial charge on any atom is -0.439 e. The van der Waals surface area contributed by atoms with Crippen molar-refractivity contribution in [3.8, 4) is 11.6 Å². The highest BCUT2D eigenvalue weighted by atomic mass is 35.5. The lowest BCUT2D eigenvalue weighted by molar-refractivity contribution is 0.455. The molecule has 0 saturated carbocycles. The summed E-state index contributed by atoms with van der Waals surface area (Å²) < 4.78 is 18.8. The first-order valence-corrected chi connectivity index (χ1v) is 5.77. The number of ether oxygens (including phenoxy) is 1. The van der Waals surface area contributed by atoms with Gasteiger partial charge in [0.15, 0.2) is 0 Å². The van der Waals surface area contributed by atoms with Gasteiger partial charge in [-0.05, 0) is 24.6 Å². The maximum atomic E-state index is 13.3. The van der Waals surface area contributed by atoms with Crippen LogP contribution in [0.5, 0.6) is 11.6 Å². The molecule has 0 spiro atoms. The molecule has 2 aromatic rings. The van der Waals surface area contributed by atoms with Gasteiger partial charge in [0.05, 0.1) is 10.7 Å². The zero-order valence-electron chi connectivity index (χ0n) is 9.78. The van der Waals surface area contributed by atoms with Gasteiger partial charge < -0.3 is 10.5 Å². The molecular formula is C13H12ClFN2O. The largest absolute Gasteiger partial charge is 0.439 e. The van der Waals surface area contributed by atoms with Gasteiger partial charge in [-0.1, -0.05) is 17.7 Å². The van der Waals surface area contributed by atoms with E-state index in [4.69, 9.17) is 22.1 Å². The highest BCUT2D eigenvalue weighted by Gasteiger charge is 2.06. The van der Waals surface area contributed by atoms with Crippen molar-refractivity contribution in [3.63, 3.8) is 0 Å². The first-order chi connectivity index (χ1) is 8.60. The van der Waals surface area contributed by atoms with Crippen LogP contribution < -0.4 is 10.5 Å². The number of rotatable bonds is 3. The Morgan fingerprint density at radius 1 is 1.33 bits per heavy atom. The summed E-state index contributed by atoms with van der Waals surface area (Å²) in [5, 5.41) is 0.486. The molecule has 0 aliphatic carbocycles. The lowest BCUT2D eigenvalue weighted by atomic mass is 10.2. The molecule has 1 aromatic carbocycles. The number of halogens is 2. The third-order valence-electron chi connectivity index (χ3n) is 2.45. The number of hydrogen-bond acceptors (Lipinski definition) is 3. The van der Waals surface area contributed by atoms with Crippen molar-refractivity contribution in [1.82, 2.24) is 4.98 Å². The maximum absolute atomic E-state index is 13.3. The van der Waals surface area contributed by atoms with Crippen LogP contribution in [0.25, 0.3) is 0 Å². The molecule has 0 fully saturated rings. The second-order valence-corrected chi connectivity index (χ2v) is 4.20. The van der Waals surface area contributed by atoms with Gasteiger partial charge in [0.25, 0.3) is 0 Å². The molecule has 5 heteroatoms. The van der Waals surface area contributed by atoms with Gasteiger partial charge in [-0.2, -0.15) is 0 Å². The second-order valence-electron chi connectivity index (χ2n) is 3.80. The normalized spacial score (nSPS) is 10.4. The van der Waals surface area contributed by atoms with Gasteiger partial charge in [0, 0.05) is 18.7 Å². The van der Waals surface area contributed by atoms with Crippen LogP contribution in [0, 0.1) is 12.7 Å². The molecule has 0 atom stereocenters. The Bertz CT molecular complexity index is 575. The Labute approximate surface area is 109 Å². The van der Waals surface area contributed by atoms with Crippen LogP contribution in [0.15, 0.2) is 30.3 Å². The first kappa shape index (κ1) is 12.8. The van der Waals surface area contributed by atoms with E-state index >= 15 is 0 Å². The average molecular weight is 267 g/mol. The Morgan fingerprint density at radius 3 is 2.78 bits per heavy atom. The molecule has 0 bridgehead atoms. The molecular weight excluding hydrogens is 255 g/mol. The van der Waals surface area contributed by atoms with Gasteiger partial charge in [0.2, 0.25) is 5.88 Å². The van der Waals surface area contributed by atoms with Crippen LogP contribution in [-0.2, 0) is 6.54 Å². The minimum absolute atomic E-state index is 0.221. The summed E-state index contributed by atoms with van der Waals surface area (Å²) in [5.41, 5.74) is 6.60. The minimum atomic E-state index is -0.319. The van der Waals surface area contributed by atoms with E-state index in [0.717, 1.165) is 0 Å². The van der Waals surface area contributed by atoms with Gasteiger partial charge in [-0.25, -0.2) is 9.37 Å². The van der Waals surface area contributed by atoms with Crippen molar-refractivity contribution in [1.29, 1.82) is 0 Å². The number of aryl methyl sites for hydroxylation is 1. The van der Waals surface area contributed by atoms with Crippen LogP contribution in [0.4, 0.5) is 4.39 Å². The Hall–Kier alpha value is -1.65. The molecule has 1 heterocycles. The molecule has 18 heavy (non-hydrogen) atoms. The van der Waals surface area contributed by atoms with Crippen LogP contribution in [0.2, 0.25) is 5.02 Å². The van der Waals surface area contributed by atoms with Gasteiger partial charge in [-0.15, -0.1) is 0 Å². The van der Waals surface area contributed by atoms with Crippen molar-refractivity contribution in [3.05, 3.63) is 52.4 Å². The van der Waals surface area contributed by atoms with Crippen molar-refractivity contribution >= 4 is 11.6 Å². The van der Waals surface area contributed by atoms with E-state index < -0.39 is 0 Å². The summed E-state index contributed by atoms with van der Waals surface area (Å²) in [6.45, 7) is 1.91. The fourth-order valence-electron chi connectivity index (χ4n) is 1.42. The van der Waals surface area contributed by atoms with E-state index in [1.165, 1.54) is 6.07 Å². The number of aromatic nitrogens is 1. The van der Waals surface area contributed by atoms with E-state index in [0.29, 0.717) is 27.9 Å². The number of hydrogen-bond donors (Lipinski definition) is 1. The first-order valence-electron chi connectivity index (χ1n) is 5.39. The number of pyridine rings is 1. The molecule has 0 radical (unpaired) electrons. The van der Waals surface area contributed by atoms with Crippen LogP contribution in [0.1, 0.15) is 11.3 Å². The quantitative estimate of drug-likeness (QED) is 0.926. The summed E-state index contributed by atoms with van der Waals surface area (Å²) in [4.78, 5) is 4.14. The van der Waals surface area contributed by atoms with Crippen molar-refractivity contribution in [2.24, 2.45) is 5.73 Å². The van der Waals surface area contributed by atoms with Gasteiger partial charge in [-0.3, -0.25) is 0 Å². The lowest BCUT2D eigenvalue weighted by Gasteiger charge is -2.07. The van der Waals surface area contributed by atoms with Gasteiger partial charge in [0.1, 0.15) is 11.6 Å². The van der Waals surface area contributed by atoms with E-state index in [2.05, 4.69) is 4.98 Å². The van der Waals surface area contributed by atoms with Crippen molar-refractivity contribution in [2.45, 2.75) is 13.5 Å². The molecule has 94 valence electrons. The summed E-state index contributed by atoms with van der Waals surface area (Å²) in [6, 6.07) is 7.89. The third kappa shape index (κ3) is 2.78. The van der Waals surface area contributed by atoms with E-state index in [1.54, 1.807) is 31.2 Å². The maximum Gasteiger partial charge on any atom is 0.219 e. The van der Waals surface area contributed by atoms with Crippen LogP contribution in [-0.4, -0.2) is 4.98 Å². The molecule has 3 nitrogen and oxygen atoms in total. The predicted molar refractivity (Wildman–Crippen MR) is 68.3 cm³/mol. The molecule has 0 aliphatic heterocycles. The highest BCUT2D eigenvalue weighted by molar-refractivity contribution is 6.31. The number of nitrogens with two attached hydrogens (primary N) is 1. The Morgan fingerprint density at radius 2 is 2.11 bits per heavy atom. The average Bonchev–Trinajstić information content (AvgIpc) is 2.36. The molecule has 0 unspecified atom stereocenters. The second kappa shape index (κ2) is 5.33. The Balaban J connectivity index is 2.25. The lowest BCUT2D eigenvalue weighted by Crippen LogP contribution is -2.01. The third-order valence-corrected chi connectivity index (χ3v) is 2.80. The van der Waals surface area contributed by atoms with E-state index in [1.807, 2.05) is 0 Å². The summed E-state index contributed by atoms with van der Waals surface area (Å²) in [6.07, 6.45) is 0. The standard InChI is InChI=1S/C13H12ClFN2O/c1-8-2-3-9(6-11(8)15)18-13-5-4-10(14)12(7-16)17-13/h2-6H,7,16H2,1H3.